The summed E-state index contributed by atoms with van der Waals surface area (Å²) in [6.07, 6.45) is 0. The predicted octanol–water partition coefficient (Wildman–Crippen LogP) is 4.07. The number of carbonyl (C=O) groups excluding carboxylic acids is 1. The van der Waals surface area contributed by atoms with Crippen LogP contribution in [0.4, 0.5) is 9.52 Å². The van der Waals surface area contributed by atoms with Crippen molar-refractivity contribution in [1.82, 2.24) is 4.98 Å². The van der Waals surface area contributed by atoms with Crippen LogP contribution in [0.25, 0.3) is 11.3 Å². The lowest BCUT2D eigenvalue weighted by Gasteiger charge is -2.02. The molecular weight excluding hydrogens is 313 g/mol. The van der Waals surface area contributed by atoms with Crippen LogP contribution < -0.4 is 5.32 Å². The Morgan fingerprint density at radius 2 is 2.00 bits per heavy atom. The van der Waals surface area contributed by atoms with Crippen molar-refractivity contribution >= 4 is 22.4 Å². The molecule has 1 amide bonds. The van der Waals surface area contributed by atoms with E-state index in [1.165, 1.54) is 29.5 Å². The number of rotatable bonds is 3. The van der Waals surface area contributed by atoms with Crippen molar-refractivity contribution in [2.45, 2.75) is 0 Å². The lowest BCUT2D eigenvalue weighted by molar-refractivity contribution is 0.102. The molecule has 0 unspecified atom stereocenters. The number of nitriles is 1. The minimum Gasteiger partial charge on any atom is -0.298 e. The fourth-order valence-electron chi connectivity index (χ4n) is 1.98. The first kappa shape index (κ1) is 14.9. The number of carbonyl (C=O) groups is 1. The quantitative estimate of drug-likeness (QED) is 0.790. The van der Waals surface area contributed by atoms with E-state index in [9.17, 15) is 9.18 Å². The van der Waals surface area contributed by atoms with Crippen LogP contribution in [0.1, 0.15) is 15.9 Å². The first-order valence-corrected chi connectivity index (χ1v) is 7.56. The molecule has 3 aromatic rings. The fraction of sp³-hybridized carbons (Fsp3) is 0. The highest BCUT2D eigenvalue weighted by atomic mass is 32.1. The van der Waals surface area contributed by atoms with Crippen molar-refractivity contribution in [3.05, 3.63) is 70.9 Å². The first-order chi connectivity index (χ1) is 11.2. The number of hydrogen-bond acceptors (Lipinski definition) is 4. The molecule has 0 spiro atoms. The van der Waals surface area contributed by atoms with Gasteiger partial charge in [-0.2, -0.15) is 5.26 Å². The second kappa shape index (κ2) is 6.38. The third kappa shape index (κ3) is 3.42. The highest BCUT2D eigenvalue weighted by molar-refractivity contribution is 7.14. The van der Waals surface area contributed by atoms with E-state index < -0.39 is 0 Å². The number of nitrogens with one attached hydrogen (secondary N) is 1. The number of hydrogen-bond donors (Lipinski definition) is 1. The van der Waals surface area contributed by atoms with Crippen LogP contribution in [-0.4, -0.2) is 10.9 Å². The summed E-state index contributed by atoms with van der Waals surface area (Å²) in [4.78, 5) is 16.5. The van der Waals surface area contributed by atoms with Gasteiger partial charge in [0, 0.05) is 16.5 Å². The summed E-state index contributed by atoms with van der Waals surface area (Å²) in [5.74, 6) is -0.642. The molecule has 0 bridgehead atoms. The van der Waals surface area contributed by atoms with E-state index >= 15 is 0 Å². The second-order valence-corrected chi connectivity index (χ2v) is 5.55. The summed E-state index contributed by atoms with van der Waals surface area (Å²) in [6.45, 7) is 0. The Labute approximate surface area is 135 Å². The maximum Gasteiger partial charge on any atom is 0.257 e. The van der Waals surface area contributed by atoms with Gasteiger partial charge in [0.2, 0.25) is 0 Å². The van der Waals surface area contributed by atoms with Crippen LogP contribution in [0, 0.1) is 17.1 Å². The van der Waals surface area contributed by atoms with Crippen molar-refractivity contribution in [1.29, 1.82) is 5.26 Å². The van der Waals surface area contributed by atoms with Gasteiger partial charge in [-0.25, -0.2) is 9.37 Å². The predicted molar refractivity (Wildman–Crippen MR) is 86.6 cm³/mol. The molecule has 1 N–H and O–H groups in total. The highest BCUT2D eigenvalue weighted by Crippen LogP contribution is 2.25. The molecule has 0 fully saturated rings. The number of anilines is 1. The SMILES string of the molecule is N#Cc1cccc(C(=O)Nc2nc(-c3ccc(F)cc3)cs2)c1. The van der Waals surface area contributed by atoms with Crippen molar-refractivity contribution in [3.63, 3.8) is 0 Å². The monoisotopic (exact) mass is 323 g/mol. The van der Waals surface area contributed by atoms with Gasteiger partial charge in [0.15, 0.2) is 5.13 Å². The minimum atomic E-state index is -0.331. The van der Waals surface area contributed by atoms with Gasteiger partial charge in [-0.3, -0.25) is 10.1 Å². The number of aromatic nitrogens is 1. The average Bonchev–Trinajstić information content (AvgIpc) is 3.04. The first-order valence-electron chi connectivity index (χ1n) is 6.69. The van der Waals surface area contributed by atoms with Crippen molar-refractivity contribution < 1.29 is 9.18 Å². The summed E-state index contributed by atoms with van der Waals surface area (Å²) in [7, 11) is 0. The third-order valence-corrected chi connectivity index (χ3v) is 3.88. The van der Waals surface area contributed by atoms with Gasteiger partial charge < -0.3 is 0 Å². The number of amides is 1. The van der Waals surface area contributed by atoms with Gasteiger partial charge in [-0.15, -0.1) is 11.3 Å². The Bertz CT molecular complexity index is 897. The largest absolute Gasteiger partial charge is 0.298 e. The number of halogens is 1. The molecule has 1 heterocycles. The van der Waals surface area contributed by atoms with E-state index in [1.807, 2.05) is 6.07 Å². The Balaban J connectivity index is 1.77. The summed E-state index contributed by atoms with van der Waals surface area (Å²) >= 11 is 1.28. The van der Waals surface area contributed by atoms with E-state index in [0.29, 0.717) is 22.0 Å². The summed E-state index contributed by atoms with van der Waals surface area (Å²) in [6, 6.07) is 14.4. The maximum absolute atomic E-state index is 12.9. The van der Waals surface area contributed by atoms with E-state index in [1.54, 1.807) is 35.7 Å². The van der Waals surface area contributed by atoms with Gasteiger partial charge in [0.1, 0.15) is 5.82 Å². The lowest BCUT2D eigenvalue weighted by atomic mass is 10.1. The summed E-state index contributed by atoms with van der Waals surface area (Å²) < 4.78 is 12.9. The zero-order valence-corrected chi connectivity index (χ0v) is 12.6. The molecule has 0 radical (unpaired) electrons. The van der Waals surface area contributed by atoms with Crippen molar-refractivity contribution in [2.75, 3.05) is 5.32 Å². The molecule has 23 heavy (non-hydrogen) atoms. The molecule has 3 rings (SSSR count). The van der Waals surface area contributed by atoms with Crippen LogP contribution in [0.3, 0.4) is 0 Å². The zero-order valence-electron chi connectivity index (χ0n) is 11.8. The molecule has 4 nitrogen and oxygen atoms in total. The molecule has 0 saturated heterocycles. The van der Waals surface area contributed by atoms with Gasteiger partial charge in [-0.1, -0.05) is 6.07 Å². The molecule has 0 aliphatic carbocycles. The standard InChI is InChI=1S/C17H10FN3OS/c18-14-6-4-12(5-7-14)15-10-23-17(20-15)21-16(22)13-3-1-2-11(8-13)9-19/h1-8,10H,(H,20,21,22). The van der Waals surface area contributed by atoms with E-state index in [0.717, 1.165) is 5.56 Å². The topological polar surface area (TPSA) is 65.8 Å². The third-order valence-electron chi connectivity index (χ3n) is 3.12. The molecule has 0 saturated carbocycles. The Morgan fingerprint density at radius 1 is 1.22 bits per heavy atom. The van der Waals surface area contributed by atoms with Crippen molar-refractivity contribution in [2.24, 2.45) is 0 Å². The lowest BCUT2D eigenvalue weighted by Crippen LogP contribution is -2.11. The van der Waals surface area contributed by atoms with Crippen LogP contribution >= 0.6 is 11.3 Å². The van der Waals surface area contributed by atoms with Crippen molar-refractivity contribution in [3.8, 4) is 17.3 Å². The second-order valence-electron chi connectivity index (χ2n) is 4.69. The fourth-order valence-corrected chi connectivity index (χ4v) is 2.70. The number of thiazole rings is 1. The van der Waals surface area contributed by atoms with Gasteiger partial charge in [0.05, 0.1) is 17.3 Å². The summed E-state index contributed by atoms with van der Waals surface area (Å²) in [5, 5.41) is 13.8. The Morgan fingerprint density at radius 3 is 2.74 bits per heavy atom. The van der Waals surface area contributed by atoms with Gasteiger partial charge >= 0.3 is 0 Å². The molecular formula is C17H10FN3OS. The molecule has 0 aliphatic heterocycles. The van der Waals surface area contributed by atoms with E-state index in [4.69, 9.17) is 5.26 Å². The van der Waals surface area contributed by atoms with E-state index in [2.05, 4.69) is 10.3 Å². The molecule has 112 valence electrons. The van der Waals surface area contributed by atoms with Crippen LogP contribution in [0.15, 0.2) is 53.9 Å². The number of benzene rings is 2. The molecule has 0 aliphatic rings. The van der Waals surface area contributed by atoms with E-state index in [-0.39, 0.29) is 11.7 Å². The van der Waals surface area contributed by atoms with Gasteiger partial charge in [0.25, 0.3) is 5.91 Å². The molecule has 0 atom stereocenters. The Hall–Kier alpha value is -3.04. The molecule has 1 aromatic heterocycles. The van der Waals surface area contributed by atoms with Crippen LogP contribution in [0.5, 0.6) is 0 Å². The van der Waals surface area contributed by atoms with Crippen LogP contribution in [-0.2, 0) is 0 Å². The maximum atomic E-state index is 12.9. The van der Waals surface area contributed by atoms with Crippen LogP contribution in [0.2, 0.25) is 0 Å². The highest BCUT2D eigenvalue weighted by Gasteiger charge is 2.10. The zero-order chi connectivity index (χ0) is 16.2. The average molecular weight is 323 g/mol. The smallest absolute Gasteiger partial charge is 0.257 e. The summed E-state index contributed by atoms with van der Waals surface area (Å²) in [5.41, 5.74) is 2.25. The molecule has 2 aromatic carbocycles. The number of nitrogens with zero attached hydrogens (tertiary/aromatic N) is 2. The Kier molecular flexibility index (Phi) is 4.13. The minimum absolute atomic E-state index is 0.310. The molecule has 6 heteroatoms. The van der Waals surface area contributed by atoms with Gasteiger partial charge in [-0.05, 0) is 42.5 Å². The normalized spacial score (nSPS) is 10.1.